The highest BCUT2D eigenvalue weighted by atomic mass is 32.1. The van der Waals surface area contributed by atoms with Crippen LogP contribution in [0.1, 0.15) is 51.4 Å². The monoisotopic (exact) mass is 287 g/mol. The summed E-state index contributed by atoms with van der Waals surface area (Å²) in [6.45, 7) is 12.1. The molecule has 108 valence electrons. The lowest BCUT2D eigenvalue weighted by Crippen LogP contribution is -2.23. The molecule has 2 rings (SSSR count). The molecule has 0 radical (unpaired) electrons. The van der Waals surface area contributed by atoms with Crippen molar-refractivity contribution in [2.45, 2.75) is 47.1 Å². The van der Waals surface area contributed by atoms with E-state index in [1.54, 1.807) is 0 Å². The van der Waals surface area contributed by atoms with Crippen molar-refractivity contribution in [3.8, 4) is 0 Å². The van der Waals surface area contributed by atoms with Crippen molar-refractivity contribution in [1.29, 1.82) is 0 Å². The number of nitrogens with one attached hydrogen (secondary N) is 1. The van der Waals surface area contributed by atoms with Crippen LogP contribution in [0.3, 0.4) is 0 Å². The average Bonchev–Trinajstić information content (AvgIpc) is 2.73. The van der Waals surface area contributed by atoms with Gasteiger partial charge in [0.1, 0.15) is 0 Å². The van der Waals surface area contributed by atoms with Gasteiger partial charge in [-0.3, -0.25) is 0 Å². The lowest BCUT2D eigenvalue weighted by Gasteiger charge is -2.21. The summed E-state index contributed by atoms with van der Waals surface area (Å²) in [6, 6.07) is 9.39. The van der Waals surface area contributed by atoms with E-state index in [9.17, 15) is 0 Å². The standard InChI is InChI=1S/C18H25NS/c1-6-9-19-17(18-14(4)11-15(5)20-18)16-10-12(2)7-8-13(16)3/h7-8,10-11,17,19H,6,9H2,1-5H3. The van der Waals surface area contributed by atoms with Crippen molar-refractivity contribution in [3.63, 3.8) is 0 Å². The predicted octanol–water partition coefficient (Wildman–Crippen LogP) is 5.07. The van der Waals surface area contributed by atoms with Crippen LogP contribution in [0.2, 0.25) is 0 Å². The minimum atomic E-state index is 0.327. The van der Waals surface area contributed by atoms with Crippen LogP contribution in [0, 0.1) is 27.7 Å². The van der Waals surface area contributed by atoms with Gasteiger partial charge in [0.25, 0.3) is 0 Å². The van der Waals surface area contributed by atoms with Crippen molar-refractivity contribution in [3.05, 3.63) is 56.3 Å². The number of aryl methyl sites for hydroxylation is 4. The first-order chi connectivity index (χ1) is 9.52. The fourth-order valence-corrected chi connectivity index (χ4v) is 3.78. The first kappa shape index (κ1) is 15.3. The molecule has 1 N–H and O–H groups in total. The number of rotatable bonds is 5. The Morgan fingerprint density at radius 3 is 2.40 bits per heavy atom. The smallest absolute Gasteiger partial charge is 0.0676 e. The Bertz CT molecular complexity index is 583. The Kier molecular flexibility index (Phi) is 5.00. The minimum absolute atomic E-state index is 0.327. The molecular formula is C18H25NS. The van der Waals surface area contributed by atoms with Crippen molar-refractivity contribution in [1.82, 2.24) is 5.32 Å². The van der Waals surface area contributed by atoms with Gasteiger partial charge in [0.15, 0.2) is 0 Å². The van der Waals surface area contributed by atoms with Gasteiger partial charge in [-0.1, -0.05) is 30.7 Å². The molecule has 0 fully saturated rings. The van der Waals surface area contributed by atoms with Crippen LogP contribution in [0.5, 0.6) is 0 Å². The molecule has 1 unspecified atom stereocenters. The van der Waals surface area contributed by atoms with E-state index < -0.39 is 0 Å². The predicted molar refractivity (Wildman–Crippen MR) is 89.8 cm³/mol. The summed E-state index contributed by atoms with van der Waals surface area (Å²) in [5.41, 5.74) is 5.53. The fraction of sp³-hybridized carbons (Fsp3) is 0.444. The highest BCUT2D eigenvalue weighted by Gasteiger charge is 2.19. The number of benzene rings is 1. The van der Waals surface area contributed by atoms with E-state index in [0.29, 0.717) is 6.04 Å². The zero-order chi connectivity index (χ0) is 14.7. The molecule has 0 aliphatic carbocycles. The molecule has 20 heavy (non-hydrogen) atoms. The molecule has 0 saturated carbocycles. The second kappa shape index (κ2) is 6.55. The molecule has 0 aliphatic rings. The summed E-state index contributed by atoms with van der Waals surface area (Å²) in [5.74, 6) is 0. The Hall–Kier alpha value is -1.12. The van der Waals surface area contributed by atoms with Crippen LogP contribution in [-0.4, -0.2) is 6.54 Å². The molecular weight excluding hydrogens is 262 g/mol. The molecule has 1 aromatic carbocycles. The largest absolute Gasteiger partial charge is 0.306 e. The normalized spacial score (nSPS) is 12.7. The second-order valence-corrected chi connectivity index (χ2v) is 6.94. The maximum absolute atomic E-state index is 3.73. The molecule has 1 nitrogen and oxygen atoms in total. The van der Waals surface area contributed by atoms with Gasteiger partial charge in [-0.25, -0.2) is 0 Å². The van der Waals surface area contributed by atoms with Gasteiger partial charge >= 0.3 is 0 Å². The van der Waals surface area contributed by atoms with Gasteiger partial charge in [-0.2, -0.15) is 0 Å². The summed E-state index contributed by atoms with van der Waals surface area (Å²) >= 11 is 1.92. The highest BCUT2D eigenvalue weighted by molar-refractivity contribution is 7.12. The van der Waals surface area contributed by atoms with E-state index in [2.05, 4.69) is 64.2 Å². The number of thiophene rings is 1. The van der Waals surface area contributed by atoms with E-state index >= 15 is 0 Å². The third-order valence-electron chi connectivity index (χ3n) is 3.69. The molecule has 0 spiro atoms. The van der Waals surface area contributed by atoms with Crippen molar-refractivity contribution in [2.75, 3.05) is 6.54 Å². The minimum Gasteiger partial charge on any atom is -0.306 e. The molecule has 2 heteroatoms. The summed E-state index contributed by atoms with van der Waals surface area (Å²) in [5, 5.41) is 3.73. The first-order valence-corrected chi connectivity index (χ1v) is 8.22. The molecule has 2 aromatic rings. The van der Waals surface area contributed by atoms with Crippen LogP contribution in [-0.2, 0) is 0 Å². The summed E-state index contributed by atoms with van der Waals surface area (Å²) in [6.07, 6.45) is 1.16. The van der Waals surface area contributed by atoms with Crippen LogP contribution >= 0.6 is 11.3 Å². The zero-order valence-electron chi connectivity index (χ0n) is 13.2. The first-order valence-electron chi connectivity index (χ1n) is 7.40. The Morgan fingerprint density at radius 2 is 1.80 bits per heavy atom. The van der Waals surface area contributed by atoms with E-state index in [-0.39, 0.29) is 0 Å². The van der Waals surface area contributed by atoms with E-state index in [4.69, 9.17) is 0 Å². The lowest BCUT2D eigenvalue weighted by molar-refractivity contribution is 0.601. The van der Waals surface area contributed by atoms with E-state index in [1.165, 1.54) is 32.0 Å². The molecule has 0 saturated heterocycles. The number of hydrogen-bond acceptors (Lipinski definition) is 2. The van der Waals surface area contributed by atoms with Crippen molar-refractivity contribution >= 4 is 11.3 Å². The molecule has 1 atom stereocenters. The third-order valence-corrected chi connectivity index (χ3v) is 4.90. The highest BCUT2D eigenvalue weighted by Crippen LogP contribution is 2.33. The molecule has 0 bridgehead atoms. The van der Waals surface area contributed by atoms with Crippen molar-refractivity contribution < 1.29 is 0 Å². The Morgan fingerprint density at radius 1 is 1.05 bits per heavy atom. The quantitative estimate of drug-likeness (QED) is 0.809. The van der Waals surface area contributed by atoms with Crippen LogP contribution in [0.4, 0.5) is 0 Å². The Labute approximate surface area is 127 Å². The summed E-state index contributed by atoms with van der Waals surface area (Å²) in [7, 11) is 0. The van der Waals surface area contributed by atoms with Crippen molar-refractivity contribution in [2.24, 2.45) is 0 Å². The Balaban J connectivity index is 2.46. The van der Waals surface area contributed by atoms with E-state index in [0.717, 1.165) is 13.0 Å². The van der Waals surface area contributed by atoms with Crippen LogP contribution in [0.25, 0.3) is 0 Å². The van der Waals surface area contributed by atoms with Gasteiger partial charge in [0, 0.05) is 9.75 Å². The van der Waals surface area contributed by atoms with Crippen LogP contribution < -0.4 is 5.32 Å². The molecule has 0 amide bonds. The maximum atomic E-state index is 3.73. The fourth-order valence-electron chi connectivity index (χ4n) is 2.65. The topological polar surface area (TPSA) is 12.0 Å². The zero-order valence-corrected chi connectivity index (χ0v) is 14.0. The van der Waals surface area contributed by atoms with E-state index in [1.807, 2.05) is 11.3 Å². The van der Waals surface area contributed by atoms with Gasteiger partial charge in [-0.05, 0) is 63.4 Å². The molecule has 0 aliphatic heterocycles. The summed E-state index contributed by atoms with van der Waals surface area (Å²) in [4.78, 5) is 2.86. The second-order valence-electron chi connectivity index (χ2n) is 5.65. The van der Waals surface area contributed by atoms with Crippen LogP contribution in [0.15, 0.2) is 24.3 Å². The average molecular weight is 287 g/mol. The van der Waals surface area contributed by atoms with Gasteiger partial charge < -0.3 is 5.32 Å². The summed E-state index contributed by atoms with van der Waals surface area (Å²) < 4.78 is 0. The molecule has 1 aromatic heterocycles. The van der Waals surface area contributed by atoms with Gasteiger partial charge in [-0.15, -0.1) is 11.3 Å². The SMILES string of the molecule is CCCNC(c1cc(C)ccc1C)c1sc(C)cc1C. The lowest BCUT2D eigenvalue weighted by atomic mass is 9.96. The van der Waals surface area contributed by atoms with Gasteiger partial charge in [0.2, 0.25) is 0 Å². The van der Waals surface area contributed by atoms with Gasteiger partial charge in [0.05, 0.1) is 6.04 Å². The third kappa shape index (κ3) is 3.31. The maximum Gasteiger partial charge on any atom is 0.0676 e. The molecule has 1 heterocycles. The number of hydrogen-bond donors (Lipinski definition) is 1.